The molecule has 1 heterocycles. The van der Waals surface area contributed by atoms with Crippen molar-refractivity contribution in [3.8, 4) is 5.75 Å². The van der Waals surface area contributed by atoms with E-state index in [2.05, 4.69) is 5.10 Å². The molecule has 0 amide bonds. The lowest BCUT2D eigenvalue weighted by Crippen LogP contribution is -2.13. The Morgan fingerprint density at radius 3 is 2.41 bits per heavy atom. The number of rotatable bonds is 3. The van der Waals surface area contributed by atoms with Crippen LogP contribution >= 0.6 is 0 Å². The van der Waals surface area contributed by atoms with E-state index in [1.54, 1.807) is 14.0 Å². The Bertz CT molecular complexity index is 416. The standard InChI is InChI=1S/C12H20N2O3/c1-7-17-11(15)8-9(16-6)10(12(2,3)4)13-14(8)5/h7H2,1-6H3. The highest BCUT2D eigenvalue weighted by molar-refractivity contribution is 5.91. The van der Waals surface area contributed by atoms with Crippen LogP contribution in [-0.4, -0.2) is 29.5 Å². The van der Waals surface area contributed by atoms with Gasteiger partial charge >= 0.3 is 5.97 Å². The Hall–Kier alpha value is -1.52. The van der Waals surface area contributed by atoms with Crippen LogP contribution in [0.1, 0.15) is 43.9 Å². The maximum Gasteiger partial charge on any atom is 0.360 e. The van der Waals surface area contributed by atoms with E-state index >= 15 is 0 Å². The van der Waals surface area contributed by atoms with Crippen molar-refractivity contribution in [3.63, 3.8) is 0 Å². The lowest BCUT2D eigenvalue weighted by Gasteiger charge is -2.16. The largest absolute Gasteiger partial charge is 0.492 e. The second kappa shape index (κ2) is 4.77. The minimum atomic E-state index is -0.408. The van der Waals surface area contributed by atoms with Crippen LogP contribution in [0, 0.1) is 0 Å². The molecule has 0 saturated carbocycles. The van der Waals surface area contributed by atoms with E-state index in [4.69, 9.17) is 9.47 Å². The lowest BCUT2D eigenvalue weighted by molar-refractivity contribution is 0.0510. The van der Waals surface area contributed by atoms with Crippen LogP contribution in [0.3, 0.4) is 0 Å². The molecule has 0 radical (unpaired) electrons. The first kappa shape index (κ1) is 13.5. The molecule has 0 aliphatic carbocycles. The minimum absolute atomic E-state index is 0.187. The molecule has 96 valence electrons. The van der Waals surface area contributed by atoms with Crippen LogP contribution in [0.4, 0.5) is 0 Å². The van der Waals surface area contributed by atoms with Crippen LogP contribution < -0.4 is 4.74 Å². The minimum Gasteiger partial charge on any atom is -0.492 e. The molecule has 1 rings (SSSR count). The number of methoxy groups -OCH3 is 1. The molecule has 1 aromatic rings. The molecule has 5 heteroatoms. The highest BCUT2D eigenvalue weighted by Crippen LogP contribution is 2.33. The first-order valence-corrected chi connectivity index (χ1v) is 5.61. The Kier molecular flexibility index (Phi) is 3.80. The molecule has 0 bridgehead atoms. The molecular formula is C12H20N2O3. The van der Waals surface area contributed by atoms with Crippen molar-refractivity contribution in [3.05, 3.63) is 11.4 Å². The fraction of sp³-hybridized carbons (Fsp3) is 0.667. The van der Waals surface area contributed by atoms with Crippen molar-refractivity contribution >= 4 is 5.97 Å². The first-order chi connectivity index (χ1) is 7.82. The fourth-order valence-electron chi connectivity index (χ4n) is 1.61. The van der Waals surface area contributed by atoms with Crippen LogP contribution in [0.5, 0.6) is 5.75 Å². The van der Waals surface area contributed by atoms with Crippen molar-refractivity contribution in [1.82, 2.24) is 9.78 Å². The number of esters is 1. The van der Waals surface area contributed by atoms with Crippen molar-refractivity contribution < 1.29 is 14.3 Å². The molecule has 0 spiro atoms. The summed E-state index contributed by atoms with van der Waals surface area (Å²) in [6, 6.07) is 0. The molecule has 0 saturated heterocycles. The van der Waals surface area contributed by atoms with Gasteiger partial charge in [0, 0.05) is 12.5 Å². The molecule has 1 aromatic heterocycles. The van der Waals surface area contributed by atoms with Gasteiger partial charge in [-0.1, -0.05) is 20.8 Å². The number of aromatic nitrogens is 2. The fourth-order valence-corrected chi connectivity index (χ4v) is 1.61. The highest BCUT2D eigenvalue weighted by atomic mass is 16.5. The van der Waals surface area contributed by atoms with Crippen molar-refractivity contribution in [2.24, 2.45) is 7.05 Å². The monoisotopic (exact) mass is 240 g/mol. The van der Waals surface area contributed by atoms with E-state index in [0.29, 0.717) is 18.1 Å². The normalized spacial score (nSPS) is 11.4. The number of nitrogens with zero attached hydrogens (tertiary/aromatic N) is 2. The van der Waals surface area contributed by atoms with Gasteiger partial charge in [0.1, 0.15) is 5.69 Å². The number of carbonyl (C=O) groups is 1. The molecule has 0 unspecified atom stereocenters. The lowest BCUT2D eigenvalue weighted by atomic mass is 9.91. The van der Waals surface area contributed by atoms with Crippen molar-refractivity contribution in [2.75, 3.05) is 13.7 Å². The second-order valence-electron chi connectivity index (χ2n) is 4.82. The quantitative estimate of drug-likeness (QED) is 0.757. The van der Waals surface area contributed by atoms with Crippen molar-refractivity contribution in [1.29, 1.82) is 0 Å². The smallest absolute Gasteiger partial charge is 0.360 e. The zero-order valence-electron chi connectivity index (χ0n) is 11.3. The third-order valence-corrected chi connectivity index (χ3v) is 2.39. The third kappa shape index (κ3) is 2.60. The third-order valence-electron chi connectivity index (χ3n) is 2.39. The zero-order valence-corrected chi connectivity index (χ0v) is 11.3. The van der Waals surface area contributed by atoms with Gasteiger partial charge in [-0.3, -0.25) is 4.68 Å². The van der Waals surface area contributed by atoms with Gasteiger partial charge in [-0.05, 0) is 6.92 Å². The predicted molar refractivity (Wildman–Crippen MR) is 64.4 cm³/mol. The second-order valence-corrected chi connectivity index (χ2v) is 4.82. The average Bonchev–Trinajstić information content (AvgIpc) is 2.55. The van der Waals surface area contributed by atoms with Crippen LogP contribution in [0.2, 0.25) is 0 Å². The van der Waals surface area contributed by atoms with Gasteiger partial charge < -0.3 is 9.47 Å². The maximum atomic E-state index is 11.8. The summed E-state index contributed by atoms with van der Waals surface area (Å²) in [5, 5.41) is 4.35. The summed E-state index contributed by atoms with van der Waals surface area (Å²) in [4.78, 5) is 11.8. The van der Waals surface area contributed by atoms with E-state index in [1.165, 1.54) is 11.8 Å². The average molecular weight is 240 g/mol. The summed E-state index contributed by atoms with van der Waals surface area (Å²) >= 11 is 0. The van der Waals surface area contributed by atoms with E-state index in [0.717, 1.165) is 5.69 Å². The number of carbonyl (C=O) groups excluding carboxylic acids is 1. The highest BCUT2D eigenvalue weighted by Gasteiger charge is 2.30. The first-order valence-electron chi connectivity index (χ1n) is 5.61. The molecular weight excluding hydrogens is 220 g/mol. The van der Waals surface area contributed by atoms with Crippen LogP contribution in [-0.2, 0) is 17.2 Å². The topological polar surface area (TPSA) is 53.4 Å². The van der Waals surface area contributed by atoms with E-state index in [9.17, 15) is 4.79 Å². The number of hydrogen-bond acceptors (Lipinski definition) is 4. The van der Waals surface area contributed by atoms with Crippen LogP contribution in [0.25, 0.3) is 0 Å². The van der Waals surface area contributed by atoms with Gasteiger partial charge in [-0.15, -0.1) is 0 Å². The summed E-state index contributed by atoms with van der Waals surface area (Å²) < 4.78 is 11.8. The number of hydrogen-bond donors (Lipinski definition) is 0. The molecule has 0 aromatic carbocycles. The Balaban J connectivity index is 3.32. The summed E-state index contributed by atoms with van der Waals surface area (Å²) in [6.45, 7) is 8.16. The van der Waals surface area contributed by atoms with Gasteiger partial charge in [0.15, 0.2) is 11.4 Å². The van der Waals surface area contributed by atoms with E-state index in [1.807, 2.05) is 20.8 Å². The van der Waals surface area contributed by atoms with Crippen molar-refractivity contribution in [2.45, 2.75) is 33.1 Å². The Morgan fingerprint density at radius 1 is 1.41 bits per heavy atom. The van der Waals surface area contributed by atoms with E-state index < -0.39 is 5.97 Å². The molecule has 0 aliphatic heterocycles. The number of ether oxygens (including phenoxy) is 2. The molecule has 0 atom stereocenters. The molecule has 0 N–H and O–H groups in total. The van der Waals surface area contributed by atoms with Gasteiger partial charge in [0.2, 0.25) is 0 Å². The van der Waals surface area contributed by atoms with Gasteiger partial charge in [-0.25, -0.2) is 4.79 Å². The maximum absolute atomic E-state index is 11.8. The Morgan fingerprint density at radius 2 is 2.00 bits per heavy atom. The van der Waals surface area contributed by atoms with E-state index in [-0.39, 0.29) is 5.41 Å². The number of aryl methyl sites for hydroxylation is 1. The summed E-state index contributed by atoms with van der Waals surface area (Å²) in [7, 11) is 3.25. The van der Waals surface area contributed by atoms with Gasteiger partial charge in [0.25, 0.3) is 0 Å². The van der Waals surface area contributed by atoms with Crippen LogP contribution in [0.15, 0.2) is 0 Å². The summed E-state index contributed by atoms with van der Waals surface area (Å²) in [6.07, 6.45) is 0. The molecule has 0 fully saturated rings. The van der Waals surface area contributed by atoms with Gasteiger partial charge in [0.05, 0.1) is 13.7 Å². The van der Waals surface area contributed by atoms with Gasteiger partial charge in [-0.2, -0.15) is 5.10 Å². The summed E-state index contributed by atoms with van der Waals surface area (Å²) in [5.41, 5.74) is 0.929. The Labute approximate surface area is 102 Å². The SMILES string of the molecule is CCOC(=O)c1c(OC)c(C(C)(C)C)nn1C. The molecule has 0 aliphatic rings. The molecule has 17 heavy (non-hydrogen) atoms. The zero-order chi connectivity index (χ0) is 13.2. The predicted octanol–water partition coefficient (Wildman–Crippen LogP) is 1.90. The molecule has 5 nitrogen and oxygen atoms in total. The summed E-state index contributed by atoms with van der Waals surface area (Å²) in [5.74, 6) is 0.0910.